The number of nitrogens with zero attached hydrogens (tertiary/aromatic N) is 4. The van der Waals surface area contributed by atoms with E-state index in [0.717, 1.165) is 16.1 Å². The van der Waals surface area contributed by atoms with E-state index >= 15 is 0 Å². The third-order valence-corrected chi connectivity index (χ3v) is 4.81. The Balaban J connectivity index is 1.84. The molecule has 9 nitrogen and oxygen atoms in total. The zero-order valence-corrected chi connectivity index (χ0v) is 16.9. The molecule has 28 heavy (non-hydrogen) atoms. The Labute approximate surface area is 165 Å². The molecule has 0 fully saturated rings. The normalized spacial score (nSPS) is 11.0. The van der Waals surface area contributed by atoms with Gasteiger partial charge in [-0.05, 0) is 18.1 Å². The summed E-state index contributed by atoms with van der Waals surface area (Å²) in [6.07, 6.45) is 2.30. The maximum absolute atomic E-state index is 12.8. The predicted octanol–water partition coefficient (Wildman–Crippen LogP) is 2.10. The molecule has 0 spiro atoms. The van der Waals surface area contributed by atoms with Crippen LogP contribution in [-0.4, -0.2) is 40.1 Å². The van der Waals surface area contributed by atoms with Gasteiger partial charge < -0.3 is 9.47 Å². The van der Waals surface area contributed by atoms with E-state index in [1.54, 1.807) is 12.1 Å². The van der Waals surface area contributed by atoms with Crippen molar-refractivity contribution in [2.24, 2.45) is 5.92 Å². The number of methoxy groups -OCH3 is 2. The minimum Gasteiger partial charge on any atom is -0.493 e. The number of benzene rings is 1. The molecule has 2 aromatic heterocycles. The average molecular weight is 403 g/mol. The second-order valence-electron chi connectivity index (χ2n) is 6.52. The van der Waals surface area contributed by atoms with Crippen molar-refractivity contribution in [2.75, 3.05) is 19.5 Å². The molecular formula is C18H21N5O4S. The summed E-state index contributed by atoms with van der Waals surface area (Å²) in [7, 11) is 2.95. The number of anilines is 1. The summed E-state index contributed by atoms with van der Waals surface area (Å²) in [6.45, 7) is 3.91. The molecule has 1 N–H and O–H groups in total. The third kappa shape index (κ3) is 4.11. The summed E-state index contributed by atoms with van der Waals surface area (Å²) in [6, 6.07) is 3.41. The van der Waals surface area contributed by atoms with Crippen molar-refractivity contribution in [2.45, 2.75) is 26.8 Å². The van der Waals surface area contributed by atoms with Gasteiger partial charge in [0.2, 0.25) is 11.0 Å². The summed E-state index contributed by atoms with van der Waals surface area (Å²) < 4.78 is 11.7. The van der Waals surface area contributed by atoms with Gasteiger partial charge in [-0.3, -0.25) is 14.9 Å². The highest BCUT2D eigenvalue weighted by Gasteiger charge is 2.16. The van der Waals surface area contributed by atoms with Crippen LogP contribution in [0.2, 0.25) is 0 Å². The molecule has 10 heteroatoms. The molecule has 0 saturated carbocycles. The summed E-state index contributed by atoms with van der Waals surface area (Å²) in [4.78, 5) is 25.2. The quantitative estimate of drug-likeness (QED) is 0.643. The Morgan fingerprint density at radius 1 is 1.25 bits per heavy atom. The van der Waals surface area contributed by atoms with Crippen LogP contribution in [0, 0.1) is 5.92 Å². The Bertz CT molecular complexity index is 1060. The number of aromatic nitrogens is 4. The van der Waals surface area contributed by atoms with Gasteiger partial charge >= 0.3 is 0 Å². The molecule has 2 heterocycles. The van der Waals surface area contributed by atoms with Gasteiger partial charge in [0, 0.05) is 11.8 Å². The van der Waals surface area contributed by atoms with E-state index in [9.17, 15) is 9.59 Å². The third-order valence-electron chi connectivity index (χ3n) is 3.95. The van der Waals surface area contributed by atoms with Crippen LogP contribution in [0.4, 0.5) is 5.13 Å². The van der Waals surface area contributed by atoms with Gasteiger partial charge in [-0.1, -0.05) is 25.2 Å². The van der Waals surface area contributed by atoms with Crippen LogP contribution in [-0.2, 0) is 17.8 Å². The topological polar surface area (TPSA) is 108 Å². The Hall–Kier alpha value is -3.01. The number of carbonyl (C=O) groups is 1. The second-order valence-corrected chi connectivity index (χ2v) is 7.58. The van der Waals surface area contributed by atoms with Crippen LogP contribution >= 0.6 is 11.3 Å². The first kappa shape index (κ1) is 19.7. The minimum atomic E-state index is -0.443. The molecule has 0 aliphatic carbocycles. The fourth-order valence-corrected chi connectivity index (χ4v) is 3.70. The van der Waals surface area contributed by atoms with Crippen molar-refractivity contribution < 1.29 is 14.3 Å². The van der Waals surface area contributed by atoms with Crippen LogP contribution < -0.4 is 20.3 Å². The van der Waals surface area contributed by atoms with E-state index in [1.165, 1.54) is 31.8 Å². The summed E-state index contributed by atoms with van der Waals surface area (Å²) >= 11 is 1.32. The first-order chi connectivity index (χ1) is 13.4. The molecule has 0 radical (unpaired) electrons. The number of ether oxygens (including phenoxy) is 2. The molecule has 0 bridgehead atoms. The first-order valence-corrected chi connectivity index (χ1v) is 9.47. The van der Waals surface area contributed by atoms with Crippen LogP contribution in [0.15, 0.2) is 23.1 Å². The number of amides is 1. The lowest BCUT2D eigenvalue weighted by atomic mass is 10.1. The maximum Gasteiger partial charge on any atom is 0.279 e. The lowest BCUT2D eigenvalue weighted by molar-refractivity contribution is -0.117. The molecule has 148 valence electrons. The van der Waals surface area contributed by atoms with Gasteiger partial charge in [0.15, 0.2) is 11.5 Å². The number of nitrogens with one attached hydrogen (secondary N) is 1. The van der Waals surface area contributed by atoms with E-state index in [2.05, 4.69) is 34.5 Å². The average Bonchev–Trinajstić information content (AvgIpc) is 3.08. The lowest BCUT2D eigenvalue weighted by Crippen LogP contribution is -2.29. The number of hydrogen-bond acceptors (Lipinski definition) is 8. The van der Waals surface area contributed by atoms with Crippen molar-refractivity contribution in [3.8, 4) is 11.5 Å². The highest BCUT2D eigenvalue weighted by molar-refractivity contribution is 7.15. The minimum absolute atomic E-state index is 0.256. The molecule has 0 saturated heterocycles. The van der Waals surface area contributed by atoms with Gasteiger partial charge in [-0.15, -0.1) is 10.2 Å². The maximum atomic E-state index is 12.8. The molecule has 0 unspecified atom stereocenters. The van der Waals surface area contributed by atoms with Gasteiger partial charge in [-0.25, -0.2) is 4.68 Å². The number of hydrogen-bond donors (Lipinski definition) is 1. The lowest BCUT2D eigenvalue weighted by Gasteiger charge is -2.11. The number of carbonyl (C=O) groups excluding carboxylic acids is 1. The van der Waals surface area contributed by atoms with Gasteiger partial charge in [-0.2, -0.15) is 5.10 Å². The van der Waals surface area contributed by atoms with Crippen molar-refractivity contribution in [1.82, 2.24) is 20.0 Å². The number of fused-ring (bicyclic) bond motifs is 1. The molecule has 1 aromatic carbocycles. The second kappa shape index (κ2) is 8.34. The molecule has 0 atom stereocenters. The Morgan fingerprint density at radius 3 is 2.71 bits per heavy atom. The summed E-state index contributed by atoms with van der Waals surface area (Å²) in [5.74, 6) is 0.775. The van der Waals surface area contributed by atoms with Crippen LogP contribution in [0.25, 0.3) is 10.8 Å². The van der Waals surface area contributed by atoms with Crippen LogP contribution in [0.3, 0.4) is 0 Å². The fraction of sp³-hybridized carbons (Fsp3) is 0.389. The molecule has 1 amide bonds. The van der Waals surface area contributed by atoms with E-state index in [-0.39, 0.29) is 6.54 Å². The zero-order valence-electron chi connectivity index (χ0n) is 16.1. The van der Waals surface area contributed by atoms with Crippen molar-refractivity contribution in [3.63, 3.8) is 0 Å². The van der Waals surface area contributed by atoms with Crippen LogP contribution in [0.1, 0.15) is 18.9 Å². The Morgan fingerprint density at radius 2 is 2.04 bits per heavy atom. The van der Waals surface area contributed by atoms with Crippen LogP contribution in [0.5, 0.6) is 11.5 Å². The Kier molecular flexibility index (Phi) is 5.88. The van der Waals surface area contributed by atoms with Gasteiger partial charge in [0.05, 0.1) is 25.8 Å². The zero-order chi connectivity index (χ0) is 20.3. The van der Waals surface area contributed by atoms with E-state index < -0.39 is 11.5 Å². The van der Waals surface area contributed by atoms with Gasteiger partial charge in [0.1, 0.15) is 11.6 Å². The fourth-order valence-electron chi connectivity index (χ4n) is 2.73. The first-order valence-electron chi connectivity index (χ1n) is 8.66. The molecule has 0 aliphatic heterocycles. The van der Waals surface area contributed by atoms with E-state index in [1.807, 2.05) is 0 Å². The van der Waals surface area contributed by atoms with E-state index in [4.69, 9.17) is 9.47 Å². The monoisotopic (exact) mass is 403 g/mol. The van der Waals surface area contributed by atoms with E-state index in [0.29, 0.717) is 33.3 Å². The summed E-state index contributed by atoms with van der Waals surface area (Å²) in [5.41, 5.74) is -0.443. The SMILES string of the molecule is COc1ccc2cnn(CC(=O)Nc3nnc(CC(C)C)s3)c(=O)c2c1OC. The standard InChI is InChI=1S/C18H21N5O4S/c1-10(2)7-14-21-22-18(28-14)20-13(24)9-23-17(25)15-11(8-19-23)5-6-12(26-3)16(15)27-4/h5-6,8,10H,7,9H2,1-4H3,(H,20,22,24). The van der Waals surface area contributed by atoms with Crippen molar-refractivity contribution >= 4 is 33.1 Å². The molecular weight excluding hydrogens is 382 g/mol. The molecule has 0 aliphatic rings. The number of rotatable bonds is 7. The molecule has 3 aromatic rings. The largest absolute Gasteiger partial charge is 0.493 e. The van der Waals surface area contributed by atoms with Crippen molar-refractivity contribution in [3.05, 3.63) is 33.7 Å². The van der Waals surface area contributed by atoms with Crippen molar-refractivity contribution in [1.29, 1.82) is 0 Å². The smallest absolute Gasteiger partial charge is 0.279 e. The highest BCUT2D eigenvalue weighted by Crippen LogP contribution is 2.32. The van der Waals surface area contributed by atoms with Gasteiger partial charge in [0.25, 0.3) is 5.56 Å². The predicted molar refractivity (Wildman–Crippen MR) is 106 cm³/mol. The highest BCUT2D eigenvalue weighted by atomic mass is 32.1. The summed E-state index contributed by atoms with van der Waals surface area (Å²) in [5, 5.41) is 16.9. The molecule has 3 rings (SSSR count).